The van der Waals surface area contributed by atoms with Crippen molar-refractivity contribution < 1.29 is 14.6 Å². The van der Waals surface area contributed by atoms with Gasteiger partial charge in [0, 0.05) is 24.6 Å². The van der Waals surface area contributed by atoms with E-state index in [1.807, 2.05) is 6.07 Å². The van der Waals surface area contributed by atoms with Crippen molar-refractivity contribution in [2.24, 2.45) is 0 Å². The van der Waals surface area contributed by atoms with Gasteiger partial charge in [0.05, 0.1) is 25.9 Å². The lowest BCUT2D eigenvalue weighted by Crippen LogP contribution is -2.32. The Morgan fingerprint density at radius 2 is 2.29 bits per heavy atom. The van der Waals surface area contributed by atoms with Crippen molar-refractivity contribution in [3.63, 3.8) is 0 Å². The maximum Gasteiger partial charge on any atom is 0.0897 e. The quantitative estimate of drug-likeness (QED) is 0.659. The Kier molecular flexibility index (Phi) is 7.39. The minimum atomic E-state index is -0.478. The fourth-order valence-corrected chi connectivity index (χ4v) is 2.13. The van der Waals surface area contributed by atoms with E-state index in [1.165, 1.54) is 4.88 Å². The molecule has 1 rings (SSSR count). The average molecular weight is 259 g/mol. The Balaban J connectivity index is 2.09. The Bertz CT molecular complexity index is 279. The molecule has 0 bridgehead atoms. The smallest absolute Gasteiger partial charge is 0.0897 e. The highest BCUT2D eigenvalue weighted by molar-refractivity contribution is 7.10. The van der Waals surface area contributed by atoms with Crippen molar-refractivity contribution >= 4 is 11.3 Å². The third-order valence-electron chi connectivity index (χ3n) is 2.37. The molecule has 0 aromatic carbocycles. The van der Waals surface area contributed by atoms with Crippen LogP contribution in [0, 0.1) is 0 Å². The maximum atomic E-state index is 9.67. The van der Waals surface area contributed by atoms with Crippen LogP contribution in [0.4, 0.5) is 0 Å². The molecule has 1 aromatic rings. The first-order valence-electron chi connectivity index (χ1n) is 5.75. The molecule has 0 aliphatic heterocycles. The van der Waals surface area contributed by atoms with E-state index in [2.05, 4.69) is 23.7 Å². The molecule has 0 aliphatic carbocycles. The fraction of sp³-hybridized carbons (Fsp3) is 0.667. The first-order chi connectivity index (χ1) is 8.24. The molecule has 0 saturated heterocycles. The van der Waals surface area contributed by atoms with E-state index in [0.717, 1.165) is 0 Å². The molecule has 0 radical (unpaired) electrons. The van der Waals surface area contributed by atoms with E-state index in [9.17, 15) is 5.11 Å². The predicted octanol–water partition coefficient (Wildman–Crippen LogP) is 1.42. The molecule has 0 spiro atoms. The molecular formula is C12H21NO3S. The molecule has 0 aliphatic rings. The van der Waals surface area contributed by atoms with Gasteiger partial charge in [-0.1, -0.05) is 6.07 Å². The van der Waals surface area contributed by atoms with E-state index in [4.69, 9.17) is 9.47 Å². The molecule has 1 unspecified atom stereocenters. The summed E-state index contributed by atoms with van der Waals surface area (Å²) in [4.78, 5) is 1.28. The van der Waals surface area contributed by atoms with Crippen LogP contribution in [0.1, 0.15) is 17.8 Å². The summed E-state index contributed by atoms with van der Waals surface area (Å²) in [7, 11) is 1.63. The van der Waals surface area contributed by atoms with Gasteiger partial charge in [-0.2, -0.15) is 0 Å². The second-order valence-corrected chi connectivity index (χ2v) is 4.85. The van der Waals surface area contributed by atoms with E-state index in [1.54, 1.807) is 18.4 Å². The molecule has 17 heavy (non-hydrogen) atoms. The van der Waals surface area contributed by atoms with E-state index in [-0.39, 0.29) is 6.04 Å². The van der Waals surface area contributed by atoms with Gasteiger partial charge < -0.3 is 19.9 Å². The molecule has 2 atom stereocenters. The van der Waals surface area contributed by atoms with E-state index in [0.29, 0.717) is 26.4 Å². The Labute approximate surface area is 107 Å². The SMILES string of the molecule is COCCOCC(O)CN[C@H](C)c1cccs1. The summed E-state index contributed by atoms with van der Waals surface area (Å²) in [5.74, 6) is 0. The van der Waals surface area contributed by atoms with Crippen molar-refractivity contribution in [1.82, 2.24) is 5.32 Å². The summed E-state index contributed by atoms with van der Waals surface area (Å²) in [5.41, 5.74) is 0. The molecule has 0 amide bonds. The number of methoxy groups -OCH3 is 1. The van der Waals surface area contributed by atoms with Crippen molar-refractivity contribution in [1.29, 1.82) is 0 Å². The molecule has 4 nitrogen and oxygen atoms in total. The summed E-state index contributed by atoms with van der Waals surface area (Å²) in [6.07, 6.45) is -0.478. The van der Waals surface area contributed by atoms with Crippen molar-refractivity contribution in [2.75, 3.05) is 33.5 Å². The first-order valence-corrected chi connectivity index (χ1v) is 6.63. The summed E-state index contributed by atoms with van der Waals surface area (Å²) in [6.45, 7) is 4.05. The van der Waals surface area contributed by atoms with Gasteiger partial charge in [0.15, 0.2) is 0 Å². The molecule has 1 heterocycles. The van der Waals surface area contributed by atoms with E-state index < -0.39 is 6.10 Å². The lowest BCUT2D eigenvalue weighted by molar-refractivity contribution is 0.0131. The Morgan fingerprint density at radius 3 is 2.94 bits per heavy atom. The maximum absolute atomic E-state index is 9.67. The van der Waals surface area contributed by atoms with Gasteiger partial charge in [0.2, 0.25) is 0 Å². The summed E-state index contributed by atoms with van der Waals surface area (Å²) in [6, 6.07) is 4.38. The van der Waals surface area contributed by atoms with Crippen LogP contribution in [-0.4, -0.2) is 44.7 Å². The number of thiophene rings is 1. The molecule has 2 N–H and O–H groups in total. The van der Waals surface area contributed by atoms with Crippen LogP contribution in [-0.2, 0) is 9.47 Å². The van der Waals surface area contributed by atoms with Gasteiger partial charge in [0.25, 0.3) is 0 Å². The van der Waals surface area contributed by atoms with E-state index >= 15 is 0 Å². The second-order valence-electron chi connectivity index (χ2n) is 3.87. The van der Waals surface area contributed by atoms with Gasteiger partial charge >= 0.3 is 0 Å². The number of rotatable bonds is 9. The van der Waals surface area contributed by atoms with Crippen LogP contribution in [0.3, 0.4) is 0 Å². The van der Waals surface area contributed by atoms with Crippen LogP contribution in [0.25, 0.3) is 0 Å². The Hall–Kier alpha value is -0.460. The topological polar surface area (TPSA) is 50.7 Å². The largest absolute Gasteiger partial charge is 0.389 e. The third kappa shape index (κ3) is 6.14. The van der Waals surface area contributed by atoms with Crippen LogP contribution < -0.4 is 5.32 Å². The highest BCUT2D eigenvalue weighted by atomic mass is 32.1. The monoisotopic (exact) mass is 259 g/mol. The standard InChI is InChI=1S/C12H21NO3S/c1-10(12-4-3-7-17-12)13-8-11(14)9-16-6-5-15-2/h3-4,7,10-11,13-14H,5-6,8-9H2,1-2H3/t10-,11?/m1/s1. The minimum absolute atomic E-state index is 0.267. The fourth-order valence-electron chi connectivity index (χ4n) is 1.37. The molecule has 0 fully saturated rings. The lowest BCUT2D eigenvalue weighted by Gasteiger charge is -2.16. The second kappa shape index (κ2) is 8.60. The number of aliphatic hydroxyl groups excluding tert-OH is 1. The van der Waals surface area contributed by atoms with Gasteiger partial charge in [-0.3, -0.25) is 0 Å². The number of hydrogen-bond donors (Lipinski definition) is 2. The van der Waals surface area contributed by atoms with Crippen LogP contribution in [0.5, 0.6) is 0 Å². The van der Waals surface area contributed by atoms with Gasteiger partial charge in [-0.25, -0.2) is 0 Å². The predicted molar refractivity (Wildman–Crippen MR) is 69.4 cm³/mol. The van der Waals surface area contributed by atoms with Gasteiger partial charge in [-0.05, 0) is 18.4 Å². The molecule has 0 saturated carbocycles. The normalized spacial score (nSPS) is 14.8. The number of hydrogen-bond acceptors (Lipinski definition) is 5. The van der Waals surface area contributed by atoms with Gasteiger partial charge in [-0.15, -0.1) is 11.3 Å². The molecule has 5 heteroatoms. The highest BCUT2D eigenvalue weighted by Gasteiger charge is 2.09. The number of nitrogens with one attached hydrogen (secondary N) is 1. The number of ether oxygens (including phenoxy) is 2. The van der Waals surface area contributed by atoms with Crippen LogP contribution in [0.15, 0.2) is 17.5 Å². The molecule has 1 aromatic heterocycles. The zero-order valence-corrected chi connectivity index (χ0v) is 11.2. The van der Waals surface area contributed by atoms with Crippen LogP contribution in [0.2, 0.25) is 0 Å². The van der Waals surface area contributed by atoms with Crippen molar-refractivity contribution in [2.45, 2.75) is 19.1 Å². The highest BCUT2D eigenvalue weighted by Crippen LogP contribution is 2.17. The third-order valence-corrected chi connectivity index (χ3v) is 3.43. The number of aliphatic hydroxyl groups is 1. The summed E-state index contributed by atoms with van der Waals surface area (Å²) < 4.78 is 10.1. The minimum Gasteiger partial charge on any atom is -0.389 e. The summed E-state index contributed by atoms with van der Waals surface area (Å²) in [5, 5.41) is 15.0. The average Bonchev–Trinajstić information content (AvgIpc) is 2.85. The zero-order chi connectivity index (χ0) is 12.5. The molecular weight excluding hydrogens is 238 g/mol. The zero-order valence-electron chi connectivity index (χ0n) is 10.4. The lowest BCUT2D eigenvalue weighted by atomic mass is 10.2. The van der Waals surface area contributed by atoms with Gasteiger partial charge in [0.1, 0.15) is 0 Å². The Morgan fingerprint density at radius 1 is 1.47 bits per heavy atom. The first kappa shape index (κ1) is 14.6. The van der Waals surface area contributed by atoms with Crippen molar-refractivity contribution in [3.8, 4) is 0 Å². The van der Waals surface area contributed by atoms with Crippen molar-refractivity contribution in [3.05, 3.63) is 22.4 Å². The molecule has 98 valence electrons. The summed E-state index contributed by atoms with van der Waals surface area (Å²) >= 11 is 1.72. The van der Waals surface area contributed by atoms with Crippen LogP contribution >= 0.6 is 11.3 Å².